The molecule has 0 rings (SSSR count). The normalized spacial score (nSPS) is 18.5. The molecule has 3 nitrogen and oxygen atoms in total. The average molecular weight is 195 g/mol. The second kappa shape index (κ2) is 4.92. The van der Waals surface area contributed by atoms with Gasteiger partial charge in [-0.3, -0.25) is 4.79 Å². The van der Waals surface area contributed by atoms with Crippen LogP contribution >= 0.6 is 0 Å². The van der Waals surface area contributed by atoms with Crippen LogP contribution in [0, 0.1) is 0 Å². The topological polar surface area (TPSA) is 49.3 Å². The van der Waals surface area contributed by atoms with Crippen LogP contribution in [0.3, 0.4) is 0 Å². The van der Waals surface area contributed by atoms with Gasteiger partial charge in [0.05, 0.1) is 0 Å². The summed E-state index contributed by atoms with van der Waals surface area (Å²) in [6.45, 7) is 6.25. The average Bonchev–Trinajstić information content (AvgIpc) is 1.98. The Morgan fingerprint density at radius 1 is 1.29 bits per heavy atom. The predicted octanol–water partition coefficient (Wildman–Crippen LogP) is -1.74. The second-order valence-electron chi connectivity index (χ2n) is 5.17. The van der Waals surface area contributed by atoms with Crippen molar-refractivity contribution in [2.75, 3.05) is 0 Å². The Labute approximate surface area is 89.3 Å². The maximum absolute atomic E-state index is 10.8. The van der Waals surface area contributed by atoms with Gasteiger partial charge in [-0.2, -0.15) is 0 Å². The molecule has 0 saturated heterocycles. The Balaban J connectivity index is 4.25. The van der Waals surface area contributed by atoms with E-state index >= 15 is 0 Å². The van der Waals surface area contributed by atoms with Gasteiger partial charge in [0.1, 0.15) is 23.5 Å². The van der Waals surface area contributed by atoms with E-state index in [4.69, 9.17) is 5.11 Å². The SMILES string of the molecule is BC(NC(C)(C)C)C(B)C(B)C(=O)O. The van der Waals surface area contributed by atoms with E-state index in [0.29, 0.717) is 0 Å². The monoisotopic (exact) mass is 195 g/mol. The van der Waals surface area contributed by atoms with Crippen LogP contribution in [-0.2, 0) is 4.79 Å². The highest BCUT2D eigenvalue weighted by molar-refractivity contribution is 6.32. The van der Waals surface area contributed by atoms with Crippen LogP contribution in [0.15, 0.2) is 0 Å². The molecule has 0 bridgehead atoms. The number of carbonyl (C=O) groups is 1. The maximum atomic E-state index is 10.8. The van der Waals surface area contributed by atoms with Gasteiger partial charge in [0.2, 0.25) is 0 Å². The number of carboxylic acids is 1. The molecule has 0 amide bonds. The van der Waals surface area contributed by atoms with Crippen LogP contribution in [-0.4, -0.2) is 46.1 Å². The van der Waals surface area contributed by atoms with Crippen LogP contribution in [0.4, 0.5) is 0 Å². The quantitative estimate of drug-likeness (QED) is 0.523. The Hall–Kier alpha value is -0.375. The van der Waals surface area contributed by atoms with Crippen molar-refractivity contribution in [1.82, 2.24) is 5.32 Å². The third kappa shape index (κ3) is 4.75. The molecule has 6 heteroatoms. The summed E-state index contributed by atoms with van der Waals surface area (Å²) in [5, 5.41) is 12.3. The molecule has 0 aromatic rings. The highest BCUT2D eigenvalue weighted by Crippen LogP contribution is 2.21. The largest absolute Gasteiger partial charge is 0.482 e. The van der Waals surface area contributed by atoms with Crippen molar-refractivity contribution in [3.05, 3.63) is 0 Å². The molecular formula is C8H20B3NO2. The molecule has 0 aliphatic heterocycles. The molecule has 0 aliphatic rings. The third-order valence-corrected chi connectivity index (χ3v) is 2.63. The number of rotatable bonds is 4. The highest BCUT2D eigenvalue weighted by atomic mass is 16.4. The standard InChI is InChI=1S/C8H20B3NO2/c1-8(2,3)12-6(11)4(9)5(10)7(13)14/h4-6,12H,9-11H2,1-3H3,(H,13,14). The van der Waals surface area contributed by atoms with Gasteiger partial charge in [-0.1, -0.05) is 5.82 Å². The third-order valence-electron chi connectivity index (χ3n) is 2.63. The number of hydrogen-bond donors (Lipinski definition) is 2. The Kier molecular flexibility index (Phi) is 4.79. The van der Waals surface area contributed by atoms with E-state index in [2.05, 4.69) is 26.1 Å². The number of hydrogen-bond acceptors (Lipinski definition) is 2. The minimum atomic E-state index is -0.722. The first kappa shape index (κ1) is 13.6. The van der Waals surface area contributed by atoms with Gasteiger partial charge < -0.3 is 10.4 Å². The van der Waals surface area contributed by atoms with Crippen LogP contribution in [0.1, 0.15) is 20.8 Å². The lowest BCUT2D eigenvalue weighted by atomic mass is 9.58. The first-order valence-corrected chi connectivity index (χ1v) is 5.15. The Bertz CT molecular complexity index is 205. The van der Waals surface area contributed by atoms with Gasteiger partial charge in [0.25, 0.3) is 5.97 Å². The van der Waals surface area contributed by atoms with Crippen molar-refractivity contribution < 1.29 is 9.90 Å². The van der Waals surface area contributed by atoms with Crippen LogP contribution in [0.25, 0.3) is 0 Å². The van der Waals surface area contributed by atoms with Gasteiger partial charge in [-0.15, -0.1) is 0 Å². The molecule has 3 atom stereocenters. The first-order chi connectivity index (χ1) is 6.15. The van der Waals surface area contributed by atoms with Gasteiger partial charge in [0, 0.05) is 11.4 Å². The van der Waals surface area contributed by atoms with Gasteiger partial charge in [0.15, 0.2) is 0 Å². The summed E-state index contributed by atoms with van der Waals surface area (Å²) in [6.07, 6.45) is 0. The summed E-state index contributed by atoms with van der Waals surface area (Å²) in [6, 6.07) is 0. The summed E-state index contributed by atoms with van der Waals surface area (Å²) in [7, 11) is 5.77. The fourth-order valence-electron chi connectivity index (χ4n) is 1.47. The lowest BCUT2D eigenvalue weighted by Gasteiger charge is -2.32. The van der Waals surface area contributed by atoms with Crippen molar-refractivity contribution in [2.45, 2.75) is 43.9 Å². The van der Waals surface area contributed by atoms with Crippen LogP contribution < -0.4 is 5.32 Å². The molecule has 0 aromatic carbocycles. The molecular weight excluding hydrogens is 175 g/mol. The molecule has 2 N–H and O–H groups in total. The maximum Gasteiger partial charge on any atom is 0.297 e. The van der Waals surface area contributed by atoms with E-state index in [1.807, 2.05) is 15.7 Å². The van der Waals surface area contributed by atoms with E-state index in [0.717, 1.165) is 0 Å². The Morgan fingerprint density at radius 2 is 1.71 bits per heavy atom. The zero-order chi connectivity index (χ0) is 11.5. The molecule has 78 valence electrons. The Morgan fingerprint density at radius 3 is 2.00 bits per heavy atom. The molecule has 0 radical (unpaired) electrons. The number of aliphatic carboxylic acids is 1. The van der Waals surface area contributed by atoms with E-state index in [1.54, 1.807) is 7.85 Å². The number of carboxylic acid groups (broad SMARTS) is 1. The molecule has 0 saturated carbocycles. The molecule has 0 heterocycles. The first-order valence-electron chi connectivity index (χ1n) is 5.15. The van der Waals surface area contributed by atoms with Crippen molar-refractivity contribution in [1.29, 1.82) is 0 Å². The fraction of sp³-hybridized carbons (Fsp3) is 0.875. The van der Waals surface area contributed by atoms with Crippen molar-refractivity contribution in [2.24, 2.45) is 0 Å². The molecule has 0 aliphatic carbocycles. The van der Waals surface area contributed by atoms with Gasteiger partial charge >= 0.3 is 0 Å². The predicted molar refractivity (Wildman–Crippen MR) is 67.4 cm³/mol. The smallest absolute Gasteiger partial charge is 0.297 e. The van der Waals surface area contributed by atoms with Crippen molar-refractivity contribution >= 4 is 29.5 Å². The molecule has 0 aromatic heterocycles. The van der Waals surface area contributed by atoms with Gasteiger partial charge in [-0.05, 0) is 26.7 Å². The highest BCUT2D eigenvalue weighted by Gasteiger charge is 2.26. The van der Waals surface area contributed by atoms with Crippen LogP contribution in [0.2, 0.25) is 11.6 Å². The summed E-state index contributed by atoms with van der Waals surface area (Å²) >= 11 is 0. The summed E-state index contributed by atoms with van der Waals surface area (Å²) in [4.78, 5) is 10.8. The lowest BCUT2D eigenvalue weighted by molar-refractivity contribution is -0.137. The van der Waals surface area contributed by atoms with Crippen LogP contribution in [0.5, 0.6) is 0 Å². The van der Waals surface area contributed by atoms with Crippen molar-refractivity contribution in [3.63, 3.8) is 0 Å². The molecule has 3 unspecified atom stereocenters. The molecule has 0 spiro atoms. The minimum absolute atomic E-state index is 0.0336. The van der Waals surface area contributed by atoms with E-state index in [1.165, 1.54) is 0 Å². The molecule has 0 fully saturated rings. The van der Waals surface area contributed by atoms with E-state index < -0.39 is 5.97 Å². The minimum Gasteiger partial charge on any atom is -0.482 e. The summed E-state index contributed by atoms with van der Waals surface area (Å²) < 4.78 is 0. The zero-order valence-electron chi connectivity index (χ0n) is 10.1. The molecule has 14 heavy (non-hydrogen) atoms. The number of nitrogens with one attached hydrogen (secondary N) is 1. The second-order valence-corrected chi connectivity index (χ2v) is 5.17. The zero-order valence-corrected chi connectivity index (χ0v) is 10.1. The van der Waals surface area contributed by atoms with Crippen molar-refractivity contribution in [3.8, 4) is 0 Å². The lowest BCUT2D eigenvalue weighted by Crippen LogP contribution is -2.47. The van der Waals surface area contributed by atoms with E-state index in [9.17, 15) is 4.79 Å². The van der Waals surface area contributed by atoms with E-state index in [-0.39, 0.29) is 23.1 Å². The summed E-state index contributed by atoms with van der Waals surface area (Å²) in [5.41, 5.74) is 0.0336. The fourth-order valence-corrected chi connectivity index (χ4v) is 1.47. The summed E-state index contributed by atoms with van der Waals surface area (Å²) in [5.74, 6) is -0.687. The van der Waals surface area contributed by atoms with Gasteiger partial charge in [-0.25, -0.2) is 0 Å².